The molecule has 3 heteroatoms. The normalized spacial score (nSPS) is 11.5. The second kappa shape index (κ2) is 7.80. The average Bonchev–Trinajstić information content (AvgIpc) is 2.17. The van der Waals surface area contributed by atoms with E-state index in [1.807, 2.05) is 13.8 Å². The lowest BCUT2D eigenvalue weighted by Gasteiger charge is -2.02. The Morgan fingerprint density at radius 1 is 1.38 bits per heavy atom. The summed E-state index contributed by atoms with van der Waals surface area (Å²) in [6.45, 7) is 5.19. The van der Waals surface area contributed by atoms with Gasteiger partial charge in [0.1, 0.15) is 0 Å². The maximum atomic E-state index is 11.1. The van der Waals surface area contributed by atoms with Gasteiger partial charge in [-0.3, -0.25) is 0 Å². The Balaban J connectivity index is 3.85. The summed E-state index contributed by atoms with van der Waals surface area (Å²) in [5.41, 5.74) is 0.679. The topological polar surface area (TPSA) is 35.5 Å². The Morgan fingerprint density at radius 2 is 2.08 bits per heavy atom. The molecule has 0 bridgehead atoms. The number of ether oxygens (including phenoxy) is 2. The number of esters is 1. The minimum atomic E-state index is -0.261. The Hall–Kier alpha value is -0.830. The Labute approximate surface area is 79.7 Å². The van der Waals surface area contributed by atoms with Crippen LogP contribution in [0.25, 0.3) is 0 Å². The molecule has 76 valence electrons. The lowest BCUT2D eigenvalue weighted by Crippen LogP contribution is -2.05. The molecule has 0 rings (SSSR count). The molecule has 0 radical (unpaired) electrons. The molecule has 0 saturated heterocycles. The fraction of sp³-hybridized carbons (Fsp3) is 0.700. The number of hydrogen-bond acceptors (Lipinski definition) is 3. The van der Waals surface area contributed by atoms with E-state index in [2.05, 4.69) is 4.74 Å². The molecule has 0 N–H and O–H groups in total. The van der Waals surface area contributed by atoms with Gasteiger partial charge in [0.15, 0.2) is 0 Å². The van der Waals surface area contributed by atoms with Gasteiger partial charge in [-0.2, -0.15) is 0 Å². The van der Waals surface area contributed by atoms with Crippen LogP contribution < -0.4 is 0 Å². The molecule has 0 fully saturated rings. The van der Waals surface area contributed by atoms with Gasteiger partial charge in [-0.1, -0.05) is 13.8 Å². The lowest BCUT2D eigenvalue weighted by molar-refractivity contribution is -0.136. The van der Waals surface area contributed by atoms with Gasteiger partial charge in [0.25, 0.3) is 0 Å². The van der Waals surface area contributed by atoms with Crippen molar-refractivity contribution in [1.82, 2.24) is 0 Å². The summed E-state index contributed by atoms with van der Waals surface area (Å²) in [4.78, 5) is 11.1. The van der Waals surface area contributed by atoms with Crippen molar-refractivity contribution in [1.29, 1.82) is 0 Å². The first-order valence-electron chi connectivity index (χ1n) is 4.61. The van der Waals surface area contributed by atoms with Crippen LogP contribution in [0.5, 0.6) is 0 Å². The summed E-state index contributed by atoms with van der Waals surface area (Å²) in [5, 5.41) is 0. The number of carbonyl (C=O) groups excluding carboxylic acids is 1. The summed E-state index contributed by atoms with van der Waals surface area (Å²) in [6.07, 6.45) is 3.46. The van der Waals surface area contributed by atoms with E-state index < -0.39 is 0 Å². The fourth-order valence-electron chi connectivity index (χ4n) is 0.890. The highest BCUT2D eigenvalue weighted by atomic mass is 16.5. The second-order valence-electron chi connectivity index (χ2n) is 2.65. The van der Waals surface area contributed by atoms with Crippen LogP contribution in [0.4, 0.5) is 0 Å². The van der Waals surface area contributed by atoms with E-state index in [0.717, 1.165) is 13.0 Å². The Bertz CT molecular complexity index is 173. The van der Waals surface area contributed by atoms with Crippen molar-refractivity contribution in [2.24, 2.45) is 0 Å². The van der Waals surface area contributed by atoms with E-state index in [0.29, 0.717) is 18.6 Å². The minimum Gasteiger partial charge on any atom is -0.466 e. The number of methoxy groups -OCH3 is 1. The van der Waals surface area contributed by atoms with Crippen molar-refractivity contribution < 1.29 is 14.3 Å². The third-order valence-corrected chi connectivity index (χ3v) is 1.62. The van der Waals surface area contributed by atoms with E-state index in [4.69, 9.17) is 4.74 Å². The van der Waals surface area contributed by atoms with Crippen LogP contribution in [0.15, 0.2) is 11.6 Å². The zero-order valence-corrected chi connectivity index (χ0v) is 8.63. The van der Waals surface area contributed by atoms with Crippen LogP contribution >= 0.6 is 0 Å². The number of hydrogen-bond donors (Lipinski definition) is 0. The molecule has 0 aliphatic rings. The van der Waals surface area contributed by atoms with Crippen molar-refractivity contribution in [3.8, 4) is 0 Å². The maximum absolute atomic E-state index is 11.1. The molecule has 0 aromatic heterocycles. The molecule has 0 amide bonds. The van der Waals surface area contributed by atoms with Gasteiger partial charge in [-0.25, -0.2) is 4.79 Å². The van der Waals surface area contributed by atoms with Crippen molar-refractivity contribution in [3.63, 3.8) is 0 Å². The van der Waals surface area contributed by atoms with Crippen LogP contribution in [-0.4, -0.2) is 26.3 Å². The molecule has 0 unspecified atom stereocenters. The zero-order chi connectivity index (χ0) is 10.1. The fourth-order valence-corrected chi connectivity index (χ4v) is 0.890. The first kappa shape index (κ1) is 12.2. The summed E-state index contributed by atoms with van der Waals surface area (Å²) < 4.78 is 9.82. The largest absolute Gasteiger partial charge is 0.466 e. The van der Waals surface area contributed by atoms with E-state index in [-0.39, 0.29) is 5.97 Å². The van der Waals surface area contributed by atoms with Gasteiger partial charge in [0.2, 0.25) is 0 Å². The van der Waals surface area contributed by atoms with Gasteiger partial charge in [0, 0.05) is 12.2 Å². The molecule has 0 aromatic rings. The van der Waals surface area contributed by atoms with Gasteiger partial charge in [0.05, 0.1) is 13.7 Å². The van der Waals surface area contributed by atoms with E-state index in [1.165, 1.54) is 7.11 Å². The number of carbonyl (C=O) groups is 1. The molecule has 0 aliphatic heterocycles. The second-order valence-corrected chi connectivity index (χ2v) is 2.65. The van der Waals surface area contributed by atoms with Gasteiger partial charge >= 0.3 is 5.97 Å². The molecule has 0 spiro atoms. The van der Waals surface area contributed by atoms with Crippen LogP contribution in [0.2, 0.25) is 0 Å². The lowest BCUT2D eigenvalue weighted by atomic mass is 10.2. The summed E-state index contributed by atoms with van der Waals surface area (Å²) >= 11 is 0. The minimum absolute atomic E-state index is 0.261. The van der Waals surface area contributed by atoms with Crippen LogP contribution in [0.3, 0.4) is 0 Å². The molecular formula is C10H18O3. The zero-order valence-electron chi connectivity index (χ0n) is 8.63. The number of rotatable bonds is 6. The third kappa shape index (κ3) is 5.42. The van der Waals surface area contributed by atoms with Crippen molar-refractivity contribution >= 4 is 5.97 Å². The maximum Gasteiger partial charge on any atom is 0.333 e. The molecule has 13 heavy (non-hydrogen) atoms. The molecular weight excluding hydrogens is 168 g/mol. The van der Waals surface area contributed by atoms with Crippen molar-refractivity contribution in [2.75, 3.05) is 20.3 Å². The van der Waals surface area contributed by atoms with Crippen molar-refractivity contribution in [3.05, 3.63) is 11.6 Å². The Kier molecular flexibility index (Phi) is 7.30. The van der Waals surface area contributed by atoms with E-state index in [9.17, 15) is 4.79 Å². The predicted octanol–water partition coefficient (Wildman–Crippen LogP) is 1.92. The monoisotopic (exact) mass is 186 g/mol. The van der Waals surface area contributed by atoms with Gasteiger partial charge in [-0.15, -0.1) is 0 Å². The average molecular weight is 186 g/mol. The molecule has 0 heterocycles. The Morgan fingerprint density at radius 3 is 2.54 bits per heavy atom. The molecule has 0 aromatic carbocycles. The predicted molar refractivity (Wildman–Crippen MR) is 51.5 cm³/mol. The van der Waals surface area contributed by atoms with Crippen LogP contribution in [0.1, 0.15) is 26.7 Å². The standard InChI is InChI=1S/C10H18O3/c1-4-7-13-8-6-9(5-2)10(11)12-3/h6H,4-5,7-8H2,1-3H3. The molecule has 0 atom stereocenters. The molecule has 0 saturated carbocycles. The molecule has 3 nitrogen and oxygen atoms in total. The highest BCUT2D eigenvalue weighted by molar-refractivity contribution is 5.88. The highest BCUT2D eigenvalue weighted by Crippen LogP contribution is 2.02. The first-order valence-corrected chi connectivity index (χ1v) is 4.61. The highest BCUT2D eigenvalue weighted by Gasteiger charge is 2.05. The summed E-state index contributed by atoms with van der Waals surface area (Å²) in [6, 6.07) is 0. The SMILES string of the molecule is CCCOCC=C(CC)C(=O)OC. The smallest absolute Gasteiger partial charge is 0.333 e. The van der Waals surface area contributed by atoms with E-state index >= 15 is 0 Å². The van der Waals surface area contributed by atoms with Gasteiger partial charge in [-0.05, 0) is 18.9 Å². The van der Waals surface area contributed by atoms with Gasteiger partial charge < -0.3 is 9.47 Å². The van der Waals surface area contributed by atoms with Crippen molar-refractivity contribution in [2.45, 2.75) is 26.7 Å². The van der Waals surface area contributed by atoms with Crippen LogP contribution in [0, 0.1) is 0 Å². The quantitative estimate of drug-likeness (QED) is 0.361. The first-order chi connectivity index (χ1) is 6.26. The van der Waals surface area contributed by atoms with E-state index in [1.54, 1.807) is 6.08 Å². The summed E-state index contributed by atoms with van der Waals surface area (Å²) in [7, 11) is 1.39. The third-order valence-electron chi connectivity index (χ3n) is 1.62. The molecule has 0 aliphatic carbocycles. The van der Waals surface area contributed by atoms with Crippen LogP contribution in [-0.2, 0) is 14.3 Å². The summed E-state index contributed by atoms with van der Waals surface area (Å²) in [5.74, 6) is -0.261.